The molecule has 1 aromatic rings. The number of ether oxygens (including phenoxy) is 4. The SMILES string of the molecule is CCOc1nc(N)nc(OCCOCCOC)n1. The molecule has 8 heteroatoms. The van der Waals surface area contributed by atoms with Crippen LogP contribution in [0, 0.1) is 0 Å². The number of anilines is 1. The van der Waals surface area contributed by atoms with Crippen LogP contribution in [-0.2, 0) is 9.47 Å². The zero-order valence-electron chi connectivity index (χ0n) is 10.6. The molecule has 8 nitrogen and oxygen atoms in total. The van der Waals surface area contributed by atoms with Crippen molar-refractivity contribution in [2.75, 3.05) is 45.9 Å². The Kier molecular flexibility index (Phi) is 6.74. The summed E-state index contributed by atoms with van der Waals surface area (Å²) in [5, 5.41) is 0. The van der Waals surface area contributed by atoms with Crippen molar-refractivity contribution in [3.05, 3.63) is 0 Å². The van der Waals surface area contributed by atoms with Crippen molar-refractivity contribution in [3.63, 3.8) is 0 Å². The molecular formula is C10H18N4O4. The van der Waals surface area contributed by atoms with Gasteiger partial charge in [0.1, 0.15) is 6.61 Å². The summed E-state index contributed by atoms with van der Waals surface area (Å²) in [6.45, 7) is 4.07. The second-order valence-electron chi connectivity index (χ2n) is 3.15. The van der Waals surface area contributed by atoms with Crippen LogP contribution in [0.25, 0.3) is 0 Å². The smallest absolute Gasteiger partial charge is 0.324 e. The molecule has 0 unspecified atom stereocenters. The zero-order chi connectivity index (χ0) is 13.2. The number of nitrogen functional groups attached to an aromatic ring is 1. The molecule has 0 aromatic carbocycles. The van der Waals surface area contributed by atoms with E-state index in [2.05, 4.69) is 15.0 Å². The number of aromatic nitrogens is 3. The van der Waals surface area contributed by atoms with Gasteiger partial charge in [-0.25, -0.2) is 0 Å². The summed E-state index contributed by atoms with van der Waals surface area (Å²) in [5.41, 5.74) is 5.49. The summed E-state index contributed by atoms with van der Waals surface area (Å²) in [5.74, 6) is 0.0590. The van der Waals surface area contributed by atoms with E-state index in [0.717, 1.165) is 0 Å². The van der Waals surface area contributed by atoms with E-state index in [4.69, 9.17) is 24.7 Å². The summed E-state index contributed by atoms with van der Waals surface area (Å²) in [7, 11) is 1.61. The molecule has 18 heavy (non-hydrogen) atoms. The monoisotopic (exact) mass is 258 g/mol. The molecule has 0 amide bonds. The van der Waals surface area contributed by atoms with Gasteiger partial charge in [-0.3, -0.25) is 0 Å². The predicted molar refractivity (Wildman–Crippen MR) is 63.6 cm³/mol. The summed E-state index contributed by atoms with van der Waals surface area (Å²) in [4.78, 5) is 11.6. The number of nitrogens with zero attached hydrogens (tertiary/aromatic N) is 3. The normalized spacial score (nSPS) is 10.3. The lowest BCUT2D eigenvalue weighted by Gasteiger charge is -2.07. The van der Waals surface area contributed by atoms with E-state index in [0.29, 0.717) is 33.0 Å². The van der Waals surface area contributed by atoms with Crippen LogP contribution in [0.4, 0.5) is 5.95 Å². The van der Waals surface area contributed by atoms with Gasteiger partial charge in [-0.2, -0.15) is 9.97 Å². The highest BCUT2D eigenvalue weighted by Crippen LogP contribution is 2.10. The highest BCUT2D eigenvalue weighted by molar-refractivity contribution is 5.20. The van der Waals surface area contributed by atoms with Crippen LogP contribution in [-0.4, -0.2) is 55.1 Å². The van der Waals surface area contributed by atoms with Crippen molar-refractivity contribution in [1.29, 1.82) is 0 Å². The number of hydrogen-bond acceptors (Lipinski definition) is 8. The van der Waals surface area contributed by atoms with Gasteiger partial charge in [0.25, 0.3) is 0 Å². The first-order chi connectivity index (χ1) is 8.76. The van der Waals surface area contributed by atoms with Crippen molar-refractivity contribution >= 4 is 5.95 Å². The molecule has 102 valence electrons. The molecule has 1 aromatic heterocycles. The summed E-state index contributed by atoms with van der Waals surface area (Å²) in [6, 6.07) is 0.279. The van der Waals surface area contributed by atoms with Crippen LogP contribution in [0.15, 0.2) is 0 Å². The van der Waals surface area contributed by atoms with E-state index in [1.807, 2.05) is 6.92 Å². The minimum atomic E-state index is 0.0590. The van der Waals surface area contributed by atoms with Gasteiger partial charge in [-0.05, 0) is 6.92 Å². The van der Waals surface area contributed by atoms with E-state index in [9.17, 15) is 0 Å². The standard InChI is InChI=1S/C10H18N4O4/c1-3-17-9-12-8(11)13-10(14-9)18-7-6-16-5-4-15-2/h3-7H2,1-2H3,(H2,11,12,13,14). The Labute approximate surface area is 105 Å². The third-order valence-electron chi connectivity index (χ3n) is 1.78. The number of hydrogen-bond donors (Lipinski definition) is 1. The fourth-order valence-corrected chi connectivity index (χ4v) is 1.05. The third-order valence-corrected chi connectivity index (χ3v) is 1.78. The largest absolute Gasteiger partial charge is 0.464 e. The van der Waals surface area contributed by atoms with E-state index >= 15 is 0 Å². The average molecular weight is 258 g/mol. The number of rotatable bonds is 9. The molecule has 2 N–H and O–H groups in total. The second-order valence-corrected chi connectivity index (χ2v) is 3.15. The van der Waals surface area contributed by atoms with Crippen LogP contribution < -0.4 is 15.2 Å². The fourth-order valence-electron chi connectivity index (χ4n) is 1.05. The van der Waals surface area contributed by atoms with E-state index in [-0.39, 0.29) is 18.0 Å². The van der Waals surface area contributed by atoms with Gasteiger partial charge < -0.3 is 24.7 Å². The maximum absolute atomic E-state index is 5.49. The Morgan fingerprint density at radius 1 is 0.944 bits per heavy atom. The van der Waals surface area contributed by atoms with Crippen molar-refractivity contribution in [2.45, 2.75) is 6.92 Å². The maximum atomic E-state index is 5.49. The van der Waals surface area contributed by atoms with Gasteiger partial charge >= 0.3 is 12.0 Å². The quantitative estimate of drug-likeness (QED) is 0.612. The van der Waals surface area contributed by atoms with Gasteiger partial charge in [0.05, 0.1) is 26.4 Å². The molecule has 1 rings (SSSR count). The predicted octanol–water partition coefficient (Wildman–Crippen LogP) is -0.106. The van der Waals surface area contributed by atoms with Crippen molar-refractivity contribution in [3.8, 4) is 12.0 Å². The highest BCUT2D eigenvalue weighted by atomic mass is 16.5. The Balaban J connectivity index is 2.32. The summed E-state index contributed by atoms with van der Waals surface area (Å²) >= 11 is 0. The summed E-state index contributed by atoms with van der Waals surface area (Å²) in [6.07, 6.45) is 0. The lowest BCUT2D eigenvalue weighted by molar-refractivity contribution is 0.0526. The Morgan fingerprint density at radius 3 is 2.28 bits per heavy atom. The van der Waals surface area contributed by atoms with Crippen LogP contribution in [0.5, 0.6) is 12.0 Å². The van der Waals surface area contributed by atoms with E-state index in [1.54, 1.807) is 7.11 Å². The molecule has 0 fully saturated rings. The Hall–Kier alpha value is -1.67. The minimum absolute atomic E-state index is 0.0590. The van der Waals surface area contributed by atoms with Crippen molar-refractivity contribution in [1.82, 2.24) is 15.0 Å². The third kappa shape index (κ3) is 5.60. The first-order valence-electron chi connectivity index (χ1n) is 5.60. The van der Waals surface area contributed by atoms with E-state index < -0.39 is 0 Å². The van der Waals surface area contributed by atoms with Gasteiger partial charge in [0, 0.05) is 7.11 Å². The molecule has 0 aliphatic carbocycles. The van der Waals surface area contributed by atoms with Crippen LogP contribution in [0.3, 0.4) is 0 Å². The van der Waals surface area contributed by atoms with Gasteiger partial charge in [-0.15, -0.1) is 4.98 Å². The fraction of sp³-hybridized carbons (Fsp3) is 0.700. The maximum Gasteiger partial charge on any atom is 0.324 e. The first-order valence-corrected chi connectivity index (χ1v) is 5.60. The van der Waals surface area contributed by atoms with Crippen LogP contribution >= 0.6 is 0 Å². The Morgan fingerprint density at radius 2 is 1.61 bits per heavy atom. The molecule has 0 aliphatic heterocycles. The van der Waals surface area contributed by atoms with Gasteiger partial charge in [-0.1, -0.05) is 0 Å². The summed E-state index contributed by atoms with van der Waals surface area (Å²) < 4.78 is 20.4. The first kappa shape index (κ1) is 14.4. The second kappa shape index (κ2) is 8.43. The van der Waals surface area contributed by atoms with Gasteiger partial charge in [0.2, 0.25) is 5.95 Å². The van der Waals surface area contributed by atoms with Crippen LogP contribution in [0.2, 0.25) is 0 Å². The highest BCUT2D eigenvalue weighted by Gasteiger charge is 2.05. The molecule has 0 radical (unpaired) electrons. The van der Waals surface area contributed by atoms with Crippen molar-refractivity contribution < 1.29 is 18.9 Å². The van der Waals surface area contributed by atoms with Crippen LogP contribution in [0.1, 0.15) is 6.92 Å². The number of nitrogens with two attached hydrogens (primary N) is 1. The lowest BCUT2D eigenvalue weighted by Crippen LogP contribution is -2.12. The number of methoxy groups -OCH3 is 1. The van der Waals surface area contributed by atoms with E-state index in [1.165, 1.54) is 0 Å². The molecular weight excluding hydrogens is 240 g/mol. The molecule has 0 aliphatic rings. The molecule has 1 heterocycles. The minimum Gasteiger partial charge on any atom is -0.464 e. The zero-order valence-corrected chi connectivity index (χ0v) is 10.6. The lowest BCUT2D eigenvalue weighted by atomic mass is 10.7. The van der Waals surface area contributed by atoms with Crippen molar-refractivity contribution in [2.24, 2.45) is 0 Å². The molecule has 0 saturated carbocycles. The average Bonchev–Trinajstić information content (AvgIpc) is 2.33. The molecule has 0 bridgehead atoms. The van der Waals surface area contributed by atoms with Gasteiger partial charge in [0.15, 0.2) is 0 Å². The molecule has 0 spiro atoms. The molecule has 0 atom stereocenters. The molecule has 0 saturated heterocycles. The topological polar surface area (TPSA) is 102 Å². The Bertz CT molecular complexity index is 351.